The van der Waals surface area contributed by atoms with Gasteiger partial charge < -0.3 is 15.2 Å². The van der Waals surface area contributed by atoms with E-state index in [9.17, 15) is 9.59 Å². The topological polar surface area (TPSA) is 103 Å². The van der Waals surface area contributed by atoms with Crippen molar-refractivity contribution in [2.24, 2.45) is 0 Å². The number of carboxylic acids is 2. The number of carbonyl (C=O) groups is 2. The standard InChI is InChI=1S/C21H18N2O4.ClH/c24-20(25)16-6-4-14(5-7-16)2-1-3-18(19-12-22-13-23-19)15-8-10-17(11-9-15)21(26)27;/h3-13H,1-2H2,(H,22,23)(H,24,25)(H,26,27);1H. The second-order valence-corrected chi connectivity index (χ2v) is 6.01. The maximum Gasteiger partial charge on any atom is 0.335 e. The van der Waals surface area contributed by atoms with Crippen molar-refractivity contribution >= 4 is 29.9 Å². The van der Waals surface area contributed by atoms with Gasteiger partial charge >= 0.3 is 11.9 Å². The molecule has 0 bridgehead atoms. The van der Waals surface area contributed by atoms with Crippen molar-refractivity contribution in [3.63, 3.8) is 0 Å². The number of nitrogens with one attached hydrogen (secondary N) is 1. The molecule has 6 nitrogen and oxygen atoms in total. The highest BCUT2D eigenvalue weighted by molar-refractivity contribution is 5.89. The van der Waals surface area contributed by atoms with E-state index in [2.05, 4.69) is 16.0 Å². The normalized spacial score (nSPS) is 10.9. The Bertz CT molecular complexity index is 963. The van der Waals surface area contributed by atoms with Crippen molar-refractivity contribution in [1.29, 1.82) is 0 Å². The lowest BCUT2D eigenvalue weighted by molar-refractivity contribution is 0.0686. The van der Waals surface area contributed by atoms with Crippen molar-refractivity contribution in [2.45, 2.75) is 12.8 Å². The molecule has 0 unspecified atom stereocenters. The Hall–Kier alpha value is -3.38. The van der Waals surface area contributed by atoms with Crippen LogP contribution in [0.4, 0.5) is 0 Å². The SMILES string of the molecule is Cl.O=C(O)c1ccc(CCC=C(c2ccc(C(=O)O)cc2)c2cnc[nH]2)cc1. The second-order valence-electron chi connectivity index (χ2n) is 6.01. The first-order valence-corrected chi connectivity index (χ1v) is 8.39. The van der Waals surface area contributed by atoms with Gasteiger partial charge in [-0.3, -0.25) is 0 Å². The molecular formula is C21H19ClN2O4. The highest BCUT2D eigenvalue weighted by atomic mass is 35.5. The molecule has 0 aliphatic rings. The Morgan fingerprint density at radius 1 is 0.893 bits per heavy atom. The number of aromatic carboxylic acids is 2. The third-order valence-corrected chi connectivity index (χ3v) is 4.21. The van der Waals surface area contributed by atoms with E-state index in [1.54, 1.807) is 48.9 Å². The number of aryl methyl sites for hydroxylation is 1. The van der Waals surface area contributed by atoms with Crippen molar-refractivity contribution in [3.8, 4) is 0 Å². The number of rotatable bonds is 7. The first-order valence-electron chi connectivity index (χ1n) is 8.39. The Morgan fingerprint density at radius 2 is 1.43 bits per heavy atom. The number of imidazole rings is 1. The summed E-state index contributed by atoms with van der Waals surface area (Å²) in [5.41, 5.74) is 4.23. The van der Waals surface area contributed by atoms with Crippen LogP contribution in [0, 0.1) is 0 Å². The summed E-state index contributed by atoms with van der Waals surface area (Å²) < 4.78 is 0. The van der Waals surface area contributed by atoms with Gasteiger partial charge in [0.25, 0.3) is 0 Å². The summed E-state index contributed by atoms with van der Waals surface area (Å²) in [6.07, 6.45) is 6.87. The summed E-state index contributed by atoms with van der Waals surface area (Å²) in [6, 6.07) is 13.5. The van der Waals surface area contributed by atoms with Gasteiger partial charge in [-0.05, 0) is 48.2 Å². The smallest absolute Gasteiger partial charge is 0.335 e. The quantitative estimate of drug-likeness (QED) is 0.550. The van der Waals surface area contributed by atoms with Crippen LogP contribution in [-0.4, -0.2) is 32.1 Å². The van der Waals surface area contributed by atoms with Gasteiger partial charge in [0.15, 0.2) is 0 Å². The summed E-state index contributed by atoms with van der Waals surface area (Å²) in [7, 11) is 0. The number of aromatic amines is 1. The molecule has 0 spiro atoms. The fraction of sp³-hybridized carbons (Fsp3) is 0.0952. The van der Waals surface area contributed by atoms with E-state index in [1.165, 1.54) is 0 Å². The van der Waals surface area contributed by atoms with Crippen LogP contribution < -0.4 is 0 Å². The molecule has 0 aliphatic heterocycles. The molecule has 1 aromatic heterocycles. The minimum Gasteiger partial charge on any atom is -0.478 e. The Kier molecular flexibility index (Phi) is 7.12. The highest BCUT2D eigenvalue weighted by Gasteiger charge is 2.09. The minimum atomic E-state index is -0.960. The Morgan fingerprint density at radius 3 is 1.93 bits per heavy atom. The summed E-state index contributed by atoms with van der Waals surface area (Å²) in [4.78, 5) is 29.1. The molecule has 144 valence electrons. The average Bonchev–Trinajstić information content (AvgIpc) is 3.20. The number of benzene rings is 2. The molecule has 7 heteroatoms. The predicted octanol–water partition coefficient (Wildman–Crippen LogP) is 4.29. The zero-order valence-electron chi connectivity index (χ0n) is 14.8. The van der Waals surface area contributed by atoms with Gasteiger partial charge in [0.1, 0.15) is 0 Å². The Labute approximate surface area is 168 Å². The molecule has 2 aromatic carbocycles. The molecule has 0 saturated heterocycles. The molecule has 3 rings (SSSR count). The lowest BCUT2D eigenvalue weighted by Gasteiger charge is -2.07. The Balaban J connectivity index is 0.00000280. The van der Waals surface area contributed by atoms with E-state index >= 15 is 0 Å². The number of carboxylic acid groups (broad SMARTS) is 2. The van der Waals surface area contributed by atoms with Crippen molar-refractivity contribution in [3.05, 3.63) is 95.1 Å². The van der Waals surface area contributed by atoms with Crippen LogP contribution in [0.2, 0.25) is 0 Å². The number of aromatic nitrogens is 2. The molecular weight excluding hydrogens is 380 g/mol. The average molecular weight is 399 g/mol. The molecule has 3 N–H and O–H groups in total. The molecule has 0 aliphatic carbocycles. The van der Waals surface area contributed by atoms with Gasteiger partial charge in [0, 0.05) is 5.57 Å². The molecule has 28 heavy (non-hydrogen) atoms. The first-order chi connectivity index (χ1) is 13.0. The molecule has 1 heterocycles. The second kappa shape index (κ2) is 9.53. The number of halogens is 1. The van der Waals surface area contributed by atoms with Crippen LogP contribution in [0.5, 0.6) is 0 Å². The van der Waals surface area contributed by atoms with Gasteiger partial charge in [0.05, 0.1) is 29.3 Å². The fourth-order valence-electron chi connectivity index (χ4n) is 2.78. The third kappa shape index (κ3) is 5.08. The molecule has 0 amide bonds. The summed E-state index contributed by atoms with van der Waals surface area (Å²) in [5, 5.41) is 18.0. The first kappa shape index (κ1) is 20.9. The summed E-state index contributed by atoms with van der Waals surface area (Å²) in [5.74, 6) is -1.90. The van der Waals surface area contributed by atoms with Crippen LogP contribution in [0.15, 0.2) is 67.1 Å². The largest absolute Gasteiger partial charge is 0.478 e. The van der Waals surface area contributed by atoms with E-state index in [0.29, 0.717) is 0 Å². The number of hydrogen-bond acceptors (Lipinski definition) is 3. The maximum absolute atomic E-state index is 11.0. The van der Waals surface area contributed by atoms with Crippen molar-refractivity contribution in [1.82, 2.24) is 9.97 Å². The van der Waals surface area contributed by atoms with Gasteiger partial charge in [0.2, 0.25) is 0 Å². The predicted molar refractivity (Wildman–Crippen MR) is 108 cm³/mol. The van der Waals surface area contributed by atoms with Gasteiger partial charge in [-0.15, -0.1) is 12.4 Å². The molecule has 0 fully saturated rings. The van der Waals surface area contributed by atoms with Crippen molar-refractivity contribution < 1.29 is 19.8 Å². The lowest BCUT2D eigenvalue weighted by atomic mass is 9.99. The number of hydrogen-bond donors (Lipinski definition) is 3. The van der Waals surface area contributed by atoms with Crippen LogP contribution in [0.3, 0.4) is 0 Å². The van der Waals surface area contributed by atoms with E-state index in [-0.39, 0.29) is 23.5 Å². The van der Waals surface area contributed by atoms with Crippen LogP contribution in [0.25, 0.3) is 5.57 Å². The van der Waals surface area contributed by atoms with E-state index < -0.39 is 11.9 Å². The maximum atomic E-state index is 11.0. The number of H-pyrrole nitrogens is 1. The molecule has 3 aromatic rings. The molecule has 0 saturated carbocycles. The third-order valence-electron chi connectivity index (χ3n) is 4.21. The molecule has 0 radical (unpaired) electrons. The minimum absolute atomic E-state index is 0. The van der Waals surface area contributed by atoms with Crippen LogP contribution in [-0.2, 0) is 6.42 Å². The van der Waals surface area contributed by atoms with Crippen LogP contribution in [0.1, 0.15) is 44.0 Å². The fourth-order valence-corrected chi connectivity index (χ4v) is 2.78. The van der Waals surface area contributed by atoms with Gasteiger partial charge in [-0.1, -0.05) is 30.3 Å². The summed E-state index contributed by atoms with van der Waals surface area (Å²) >= 11 is 0. The highest BCUT2D eigenvalue weighted by Crippen LogP contribution is 2.23. The van der Waals surface area contributed by atoms with Gasteiger partial charge in [-0.25, -0.2) is 14.6 Å². The zero-order valence-corrected chi connectivity index (χ0v) is 15.6. The number of nitrogens with zero attached hydrogens (tertiary/aromatic N) is 1. The van der Waals surface area contributed by atoms with Gasteiger partial charge in [-0.2, -0.15) is 0 Å². The lowest BCUT2D eigenvalue weighted by Crippen LogP contribution is -1.97. The monoisotopic (exact) mass is 398 g/mol. The number of allylic oxidation sites excluding steroid dienone is 1. The van der Waals surface area contributed by atoms with Crippen molar-refractivity contribution in [2.75, 3.05) is 0 Å². The molecule has 0 atom stereocenters. The summed E-state index contributed by atoms with van der Waals surface area (Å²) in [6.45, 7) is 0. The van der Waals surface area contributed by atoms with Crippen LogP contribution >= 0.6 is 12.4 Å². The van der Waals surface area contributed by atoms with E-state index in [4.69, 9.17) is 10.2 Å². The zero-order chi connectivity index (χ0) is 19.2. The van der Waals surface area contributed by atoms with E-state index in [0.717, 1.165) is 35.2 Å². The van der Waals surface area contributed by atoms with E-state index in [1.807, 2.05) is 12.1 Å².